The maximum atomic E-state index is 11.4. The minimum atomic E-state index is -2.07. The fourth-order valence-electron chi connectivity index (χ4n) is 1.34. The predicted molar refractivity (Wildman–Crippen MR) is 67.8 cm³/mol. The number of aliphatic hydroxyl groups is 1. The molecule has 1 N–H and O–H groups in total. The molecule has 0 saturated carbocycles. The summed E-state index contributed by atoms with van der Waals surface area (Å²) in [5, 5.41) is 9.83. The van der Waals surface area contributed by atoms with Gasteiger partial charge in [-0.05, 0) is 6.92 Å². The first-order valence-electron chi connectivity index (χ1n) is 4.25. The van der Waals surface area contributed by atoms with Gasteiger partial charge in [0.15, 0.2) is 6.23 Å². The van der Waals surface area contributed by atoms with Crippen LogP contribution in [0.3, 0.4) is 0 Å². The lowest BCUT2D eigenvalue weighted by Crippen LogP contribution is -2.54. The van der Waals surface area contributed by atoms with Gasteiger partial charge in [0, 0.05) is 0 Å². The number of carbonyl (C=O) groups is 1. The van der Waals surface area contributed by atoms with Crippen LogP contribution in [0.1, 0.15) is 6.92 Å². The molecule has 0 bridgehead atoms. The fraction of sp³-hybridized carbons (Fsp3) is 0.857. The molecule has 4 nitrogen and oxygen atoms in total. The molecule has 0 aliphatic carbocycles. The molecule has 1 fully saturated rings. The number of cyclic esters (lactones) is 1. The van der Waals surface area contributed by atoms with E-state index >= 15 is 0 Å². The van der Waals surface area contributed by atoms with Gasteiger partial charge in [0.25, 0.3) is 0 Å². The van der Waals surface area contributed by atoms with Crippen LogP contribution in [0.5, 0.6) is 0 Å². The molecule has 0 aromatic heterocycles. The molecule has 100 valence electrons. The third-order valence-corrected chi connectivity index (χ3v) is 3.29. The highest BCUT2D eigenvalue weighted by Crippen LogP contribution is 2.43. The highest BCUT2D eigenvalue weighted by molar-refractivity contribution is 6.68. The fourth-order valence-corrected chi connectivity index (χ4v) is 2.15. The number of rotatable bonds is 1. The molecule has 0 aromatic rings. The van der Waals surface area contributed by atoms with Crippen molar-refractivity contribution >= 4 is 75.6 Å². The van der Waals surface area contributed by atoms with E-state index in [1.807, 2.05) is 0 Å². The molecule has 0 aromatic carbocycles. The van der Waals surface area contributed by atoms with Crippen LogP contribution in [0.2, 0.25) is 0 Å². The minimum Gasteiger partial charge on any atom is -0.440 e. The number of halogens is 6. The number of carbonyl (C=O) groups excluding carboxylic acids is 1. The van der Waals surface area contributed by atoms with Gasteiger partial charge >= 0.3 is 5.97 Å². The Hall–Kier alpha value is 1.13. The van der Waals surface area contributed by atoms with E-state index < -0.39 is 32.1 Å². The lowest BCUT2D eigenvalue weighted by molar-refractivity contribution is -0.142. The van der Waals surface area contributed by atoms with Gasteiger partial charge in [-0.2, -0.15) is 0 Å². The third kappa shape index (κ3) is 3.57. The average molecular weight is 366 g/mol. The third-order valence-electron chi connectivity index (χ3n) is 2.14. The number of ether oxygens (including phenoxy) is 1. The first-order chi connectivity index (χ1) is 7.46. The van der Waals surface area contributed by atoms with Crippen molar-refractivity contribution in [1.82, 2.24) is 4.90 Å². The van der Waals surface area contributed by atoms with Crippen molar-refractivity contribution in [2.75, 3.05) is 0 Å². The molecule has 3 atom stereocenters. The van der Waals surface area contributed by atoms with Gasteiger partial charge in [0.1, 0.15) is 6.04 Å². The van der Waals surface area contributed by atoms with Crippen molar-refractivity contribution in [3.63, 3.8) is 0 Å². The summed E-state index contributed by atoms with van der Waals surface area (Å²) in [5.41, 5.74) is 0. The summed E-state index contributed by atoms with van der Waals surface area (Å²) in [5.74, 6) is -0.686. The standard InChI is InChI=1S/C7H7Cl6NO3/c1-2-3(15)17-5(7(11,12)13)14(2)4(16)6(8,9)10/h2,4-5,16H,1H3/t2-,4+,5+/m0/s1. The Bertz CT molecular complexity index is 314. The summed E-state index contributed by atoms with van der Waals surface area (Å²) in [6.45, 7) is 1.43. The van der Waals surface area contributed by atoms with Crippen molar-refractivity contribution in [2.45, 2.75) is 33.0 Å². The lowest BCUT2D eigenvalue weighted by atomic mass is 10.3. The summed E-state index contributed by atoms with van der Waals surface area (Å²) in [6, 6.07) is -0.902. The Morgan fingerprint density at radius 2 is 1.76 bits per heavy atom. The van der Waals surface area contributed by atoms with Crippen LogP contribution < -0.4 is 0 Å². The largest absolute Gasteiger partial charge is 0.440 e. The molecule has 0 radical (unpaired) electrons. The van der Waals surface area contributed by atoms with Crippen LogP contribution in [-0.2, 0) is 9.53 Å². The van der Waals surface area contributed by atoms with E-state index in [1.54, 1.807) is 0 Å². The Morgan fingerprint density at radius 3 is 2.12 bits per heavy atom. The second-order valence-electron chi connectivity index (χ2n) is 3.37. The van der Waals surface area contributed by atoms with Crippen LogP contribution in [0.25, 0.3) is 0 Å². The molecular weight excluding hydrogens is 359 g/mol. The average Bonchev–Trinajstić information content (AvgIpc) is 2.40. The van der Waals surface area contributed by atoms with Gasteiger partial charge in [-0.25, -0.2) is 4.90 Å². The van der Waals surface area contributed by atoms with E-state index in [1.165, 1.54) is 6.92 Å². The van der Waals surface area contributed by atoms with E-state index in [4.69, 9.17) is 74.3 Å². The van der Waals surface area contributed by atoms with E-state index in [0.29, 0.717) is 0 Å². The molecule has 1 saturated heterocycles. The Balaban J connectivity index is 3.04. The maximum absolute atomic E-state index is 11.4. The molecule has 1 rings (SSSR count). The van der Waals surface area contributed by atoms with Gasteiger partial charge in [0.2, 0.25) is 13.8 Å². The van der Waals surface area contributed by atoms with Gasteiger partial charge in [-0.3, -0.25) is 4.79 Å². The number of aliphatic hydroxyl groups excluding tert-OH is 1. The molecule has 0 amide bonds. The van der Waals surface area contributed by atoms with E-state index in [0.717, 1.165) is 4.90 Å². The van der Waals surface area contributed by atoms with Crippen LogP contribution in [-0.4, -0.2) is 42.1 Å². The van der Waals surface area contributed by atoms with E-state index in [9.17, 15) is 9.90 Å². The maximum Gasteiger partial charge on any atom is 0.325 e. The second-order valence-corrected chi connectivity index (χ2v) is 8.11. The molecule has 1 heterocycles. The van der Waals surface area contributed by atoms with Crippen LogP contribution in [0, 0.1) is 0 Å². The lowest BCUT2D eigenvalue weighted by Gasteiger charge is -2.35. The molecule has 0 unspecified atom stereocenters. The number of esters is 1. The van der Waals surface area contributed by atoms with Crippen LogP contribution in [0.15, 0.2) is 0 Å². The molecular formula is C7H7Cl6NO3. The van der Waals surface area contributed by atoms with Crippen LogP contribution in [0.4, 0.5) is 0 Å². The molecule has 0 spiro atoms. The zero-order valence-electron chi connectivity index (χ0n) is 8.21. The SMILES string of the molecule is C[C@H]1C(=O)O[C@H](C(Cl)(Cl)Cl)N1[C@H](O)C(Cl)(Cl)Cl. The summed E-state index contributed by atoms with van der Waals surface area (Å²) < 4.78 is 0.774. The van der Waals surface area contributed by atoms with Gasteiger partial charge < -0.3 is 9.84 Å². The normalized spacial score (nSPS) is 29.3. The summed E-state index contributed by atoms with van der Waals surface area (Å²) in [7, 11) is 0. The second kappa shape index (κ2) is 5.25. The zero-order valence-corrected chi connectivity index (χ0v) is 12.7. The summed E-state index contributed by atoms with van der Waals surface area (Å²) in [6.07, 6.45) is -2.99. The quantitative estimate of drug-likeness (QED) is 0.573. The van der Waals surface area contributed by atoms with Crippen molar-refractivity contribution < 1.29 is 14.6 Å². The number of hydrogen-bond donors (Lipinski definition) is 1. The highest BCUT2D eigenvalue weighted by atomic mass is 35.6. The number of nitrogens with zero attached hydrogens (tertiary/aromatic N) is 1. The number of hydrogen-bond acceptors (Lipinski definition) is 4. The predicted octanol–water partition coefficient (Wildman–Crippen LogP) is 2.62. The van der Waals surface area contributed by atoms with E-state index in [2.05, 4.69) is 0 Å². The van der Waals surface area contributed by atoms with E-state index in [-0.39, 0.29) is 0 Å². The Kier molecular flexibility index (Phi) is 5.00. The molecule has 17 heavy (non-hydrogen) atoms. The molecule has 1 aliphatic rings. The van der Waals surface area contributed by atoms with Crippen molar-refractivity contribution in [3.05, 3.63) is 0 Å². The smallest absolute Gasteiger partial charge is 0.325 e. The zero-order chi connectivity index (χ0) is 13.6. The van der Waals surface area contributed by atoms with Crippen LogP contribution >= 0.6 is 69.6 Å². The van der Waals surface area contributed by atoms with Gasteiger partial charge in [-0.1, -0.05) is 69.6 Å². The highest BCUT2D eigenvalue weighted by Gasteiger charge is 2.55. The topological polar surface area (TPSA) is 49.8 Å². The Labute approximate surface area is 128 Å². The van der Waals surface area contributed by atoms with Gasteiger partial charge in [-0.15, -0.1) is 0 Å². The van der Waals surface area contributed by atoms with Crippen molar-refractivity contribution in [3.8, 4) is 0 Å². The Morgan fingerprint density at radius 1 is 1.29 bits per heavy atom. The van der Waals surface area contributed by atoms with Crippen molar-refractivity contribution in [1.29, 1.82) is 0 Å². The number of alkyl halides is 6. The van der Waals surface area contributed by atoms with Crippen molar-refractivity contribution in [2.24, 2.45) is 0 Å². The molecule has 1 aliphatic heterocycles. The monoisotopic (exact) mass is 363 g/mol. The first-order valence-corrected chi connectivity index (χ1v) is 6.52. The summed E-state index contributed by atoms with van der Waals surface area (Å²) >= 11 is 33.5. The summed E-state index contributed by atoms with van der Waals surface area (Å²) in [4.78, 5) is 12.4. The first kappa shape index (κ1) is 16.2. The van der Waals surface area contributed by atoms with Gasteiger partial charge in [0.05, 0.1) is 0 Å². The molecule has 10 heteroatoms. The minimum absolute atomic E-state index is 0.686.